The van der Waals surface area contributed by atoms with Gasteiger partial charge in [0.15, 0.2) is 0 Å². The highest BCUT2D eigenvalue weighted by atomic mass is 32.2. The van der Waals surface area contributed by atoms with Crippen LogP contribution in [0.1, 0.15) is 56.9 Å². The van der Waals surface area contributed by atoms with Gasteiger partial charge in [-0.05, 0) is 50.3 Å². The molecule has 0 amide bonds. The Bertz CT molecular complexity index is 375. The lowest BCUT2D eigenvalue weighted by atomic mass is 9.88. The van der Waals surface area contributed by atoms with E-state index in [2.05, 4.69) is 47.0 Å². The summed E-state index contributed by atoms with van der Waals surface area (Å²) in [6, 6.07) is 11.0. The first-order valence-corrected chi connectivity index (χ1v) is 9.88. The molecule has 0 unspecified atom stereocenters. The van der Waals surface area contributed by atoms with Crippen molar-refractivity contribution in [2.45, 2.75) is 62.5 Å². The molecule has 2 fully saturated rings. The fraction of sp³-hybridized carbons (Fsp3) is 0.684. The first kappa shape index (κ1) is 15.4. The Morgan fingerprint density at radius 3 is 2.29 bits per heavy atom. The van der Waals surface area contributed by atoms with E-state index in [9.17, 15) is 0 Å². The van der Waals surface area contributed by atoms with E-state index in [1.54, 1.807) is 0 Å². The van der Waals surface area contributed by atoms with E-state index in [4.69, 9.17) is 0 Å². The van der Waals surface area contributed by atoms with Gasteiger partial charge < -0.3 is 0 Å². The van der Waals surface area contributed by atoms with Gasteiger partial charge in [0.2, 0.25) is 0 Å². The average molecular weight is 304 g/mol. The Kier molecular flexibility index (Phi) is 6.05. The second kappa shape index (κ2) is 8.24. The number of piperidine rings is 1. The highest BCUT2D eigenvalue weighted by Crippen LogP contribution is 2.37. The molecule has 1 aliphatic carbocycles. The highest BCUT2D eigenvalue weighted by molar-refractivity contribution is 7.99. The molecule has 116 valence electrons. The maximum Gasteiger partial charge on any atom is 0.0589 e. The third-order valence-electron chi connectivity index (χ3n) is 5.07. The Hall–Kier alpha value is -0.470. The lowest BCUT2D eigenvalue weighted by Gasteiger charge is -2.40. The van der Waals surface area contributed by atoms with Crippen LogP contribution in [0.25, 0.3) is 0 Å². The molecule has 0 radical (unpaired) electrons. The van der Waals surface area contributed by atoms with Crippen molar-refractivity contribution in [3.05, 3.63) is 35.9 Å². The lowest BCUT2D eigenvalue weighted by Crippen LogP contribution is -2.42. The van der Waals surface area contributed by atoms with Gasteiger partial charge in [-0.25, -0.2) is 0 Å². The van der Waals surface area contributed by atoms with Gasteiger partial charge in [0.1, 0.15) is 0 Å². The number of rotatable bonds is 5. The Balaban J connectivity index is 1.62. The minimum Gasteiger partial charge on any atom is -0.291 e. The molecule has 1 nitrogen and oxygen atoms in total. The molecule has 21 heavy (non-hydrogen) atoms. The second-order valence-corrected chi connectivity index (χ2v) is 7.79. The van der Waals surface area contributed by atoms with Gasteiger partial charge in [0, 0.05) is 5.75 Å². The zero-order valence-corrected chi connectivity index (χ0v) is 14.0. The van der Waals surface area contributed by atoms with Crippen LogP contribution in [0.5, 0.6) is 0 Å². The van der Waals surface area contributed by atoms with Gasteiger partial charge in [0.05, 0.1) is 5.37 Å². The van der Waals surface area contributed by atoms with Crippen LogP contribution < -0.4 is 0 Å². The van der Waals surface area contributed by atoms with E-state index in [1.807, 2.05) is 0 Å². The predicted octanol–water partition coefficient (Wildman–Crippen LogP) is 5.31. The third kappa shape index (κ3) is 4.50. The summed E-state index contributed by atoms with van der Waals surface area (Å²) in [6.45, 7) is 2.67. The van der Waals surface area contributed by atoms with Crippen molar-refractivity contribution in [2.75, 3.05) is 13.1 Å². The molecule has 3 rings (SSSR count). The number of nitrogens with zero attached hydrogens (tertiary/aromatic N) is 1. The fourth-order valence-corrected chi connectivity index (χ4v) is 5.41. The molecule has 1 atom stereocenters. The van der Waals surface area contributed by atoms with Crippen molar-refractivity contribution in [1.82, 2.24) is 4.90 Å². The number of thioether (sulfide) groups is 1. The van der Waals surface area contributed by atoms with Crippen molar-refractivity contribution in [2.24, 2.45) is 5.92 Å². The van der Waals surface area contributed by atoms with Gasteiger partial charge in [-0.15, -0.1) is 11.8 Å². The smallest absolute Gasteiger partial charge is 0.0589 e. The molecular formula is C19H29NS. The largest absolute Gasteiger partial charge is 0.291 e. The Morgan fingerprint density at radius 1 is 0.905 bits per heavy atom. The van der Waals surface area contributed by atoms with E-state index in [-0.39, 0.29) is 0 Å². The SMILES string of the molecule is c1ccc(CS[C@H](C2CCCCC2)N2CCCCC2)cc1. The van der Waals surface area contributed by atoms with Gasteiger partial charge in [0.25, 0.3) is 0 Å². The standard InChI is InChI=1S/C19H29NS/c1-4-10-17(11-5-1)16-21-19(18-12-6-2-7-13-18)20-14-8-3-9-15-20/h1,4-5,10-11,18-19H,2-3,6-9,12-16H2/t19-/m1/s1. The van der Waals surface area contributed by atoms with E-state index >= 15 is 0 Å². The molecule has 2 heteroatoms. The molecule has 1 aromatic carbocycles. The maximum atomic E-state index is 2.81. The van der Waals surface area contributed by atoms with E-state index in [0.717, 1.165) is 11.3 Å². The molecule has 0 aromatic heterocycles. The Labute approximate surface area is 134 Å². The first-order valence-electron chi connectivity index (χ1n) is 8.83. The van der Waals surface area contributed by atoms with Gasteiger partial charge in [-0.1, -0.05) is 56.0 Å². The number of hydrogen-bond acceptors (Lipinski definition) is 2. The van der Waals surface area contributed by atoms with Crippen LogP contribution in [0, 0.1) is 5.92 Å². The molecule has 1 aromatic rings. The summed E-state index contributed by atoms with van der Waals surface area (Å²) < 4.78 is 0. The maximum absolute atomic E-state index is 2.81. The van der Waals surface area contributed by atoms with Crippen LogP contribution in [0.3, 0.4) is 0 Å². The van der Waals surface area contributed by atoms with Gasteiger partial charge >= 0.3 is 0 Å². The van der Waals surface area contributed by atoms with Crippen molar-refractivity contribution in [1.29, 1.82) is 0 Å². The van der Waals surface area contributed by atoms with Crippen LogP contribution in [0.15, 0.2) is 30.3 Å². The van der Waals surface area contributed by atoms with Crippen molar-refractivity contribution in [3.8, 4) is 0 Å². The average Bonchev–Trinajstić information content (AvgIpc) is 2.58. The molecule has 0 bridgehead atoms. The minimum absolute atomic E-state index is 0.769. The number of hydrogen-bond donors (Lipinski definition) is 0. The van der Waals surface area contributed by atoms with Gasteiger partial charge in [-0.2, -0.15) is 0 Å². The summed E-state index contributed by atoms with van der Waals surface area (Å²) in [4.78, 5) is 2.81. The fourth-order valence-electron chi connectivity index (χ4n) is 3.89. The van der Waals surface area contributed by atoms with E-state index in [1.165, 1.54) is 75.8 Å². The molecule has 0 spiro atoms. The van der Waals surface area contributed by atoms with Crippen LogP contribution >= 0.6 is 11.8 Å². The zero-order valence-electron chi connectivity index (χ0n) is 13.2. The number of benzene rings is 1. The van der Waals surface area contributed by atoms with Crippen molar-refractivity contribution < 1.29 is 0 Å². The third-order valence-corrected chi connectivity index (χ3v) is 6.59. The van der Waals surface area contributed by atoms with Crippen LogP contribution in [0.2, 0.25) is 0 Å². The minimum atomic E-state index is 0.769. The van der Waals surface area contributed by atoms with Crippen molar-refractivity contribution >= 4 is 11.8 Å². The number of likely N-dealkylation sites (tertiary alicyclic amines) is 1. The zero-order chi connectivity index (χ0) is 14.3. The molecule has 1 aliphatic heterocycles. The van der Waals surface area contributed by atoms with E-state index in [0.29, 0.717) is 0 Å². The second-order valence-electron chi connectivity index (χ2n) is 6.68. The highest BCUT2D eigenvalue weighted by Gasteiger charge is 2.29. The topological polar surface area (TPSA) is 3.24 Å². The first-order chi connectivity index (χ1) is 10.4. The molecular weight excluding hydrogens is 274 g/mol. The monoisotopic (exact) mass is 303 g/mol. The summed E-state index contributed by atoms with van der Waals surface area (Å²) in [5.74, 6) is 2.11. The summed E-state index contributed by atoms with van der Waals surface area (Å²) in [5.41, 5.74) is 1.49. The van der Waals surface area contributed by atoms with Crippen molar-refractivity contribution in [3.63, 3.8) is 0 Å². The lowest BCUT2D eigenvalue weighted by molar-refractivity contribution is 0.152. The molecule has 0 N–H and O–H groups in total. The van der Waals surface area contributed by atoms with Crippen LogP contribution in [-0.4, -0.2) is 23.4 Å². The molecule has 1 heterocycles. The molecule has 1 saturated heterocycles. The molecule has 2 aliphatic rings. The van der Waals surface area contributed by atoms with Crippen LogP contribution in [-0.2, 0) is 5.75 Å². The summed E-state index contributed by atoms with van der Waals surface area (Å²) in [7, 11) is 0. The summed E-state index contributed by atoms with van der Waals surface area (Å²) >= 11 is 2.21. The summed E-state index contributed by atoms with van der Waals surface area (Å²) in [5, 5.41) is 0.769. The van der Waals surface area contributed by atoms with Crippen LogP contribution in [0.4, 0.5) is 0 Å². The molecule has 1 saturated carbocycles. The normalized spacial score (nSPS) is 23.0. The van der Waals surface area contributed by atoms with E-state index < -0.39 is 0 Å². The summed E-state index contributed by atoms with van der Waals surface area (Å²) in [6.07, 6.45) is 11.6. The Morgan fingerprint density at radius 2 is 1.57 bits per heavy atom. The quantitative estimate of drug-likeness (QED) is 0.725. The predicted molar refractivity (Wildman–Crippen MR) is 93.5 cm³/mol. The van der Waals surface area contributed by atoms with Gasteiger partial charge in [-0.3, -0.25) is 4.90 Å².